The zero-order valence-electron chi connectivity index (χ0n) is 17.1. The molecule has 5 rings (SSSR count). The molecular formula is C25H18BrN3O2S. The van der Waals surface area contributed by atoms with Crippen LogP contribution >= 0.6 is 27.7 Å². The van der Waals surface area contributed by atoms with Gasteiger partial charge in [-0.2, -0.15) is 9.61 Å². The fraction of sp³-hybridized carbons (Fsp3) is 0.0400. The maximum atomic E-state index is 10.9. The number of hydrogen-bond acceptors (Lipinski definition) is 5. The van der Waals surface area contributed by atoms with Crippen LogP contribution in [-0.2, 0) is 0 Å². The van der Waals surface area contributed by atoms with Gasteiger partial charge in [0.05, 0.1) is 23.3 Å². The number of methoxy groups -OCH3 is 1. The van der Waals surface area contributed by atoms with E-state index in [1.165, 1.54) is 9.41 Å². The summed E-state index contributed by atoms with van der Waals surface area (Å²) in [7, 11) is 1.61. The molecule has 1 N–H and O–H groups in total. The molecule has 7 heteroatoms. The van der Waals surface area contributed by atoms with E-state index in [-0.39, 0.29) is 5.88 Å². The molecule has 3 aromatic carbocycles. The molecule has 0 saturated heterocycles. The molecule has 0 spiro atoms. The van der Waals surface area contributed by atoms with Gasteiger partial charge in [0.1, 0.15) is 5.75 Å². The van der Waals surface area contributed by atoms with Gasteiger partial charge in [0.25, 0.3) is 0 Å². The van der Waals surface area contributed by atoms with Gasteiger partial charge in [-0.05, 0) is 63.5 Å². The van der Waals surface area contributed by atoms with E-state index in [0.717, 1.165) is 31.8 Å². The van der Waals surface area contributed by atoms with Crippen LogP contribution in [0.3, 0.4) is 0 Å². The van der Waals surface area contributed by atoms with Crippen LogP contribution in [0.2, 0.25) is 0 Å². The SMILES string of the molecule is COc1ccc(-c2cnc3c(-c4ccc(Sc5ccccc5)cc4)cnn3c2O)cc1Br. The zero-order chi connectivity index (χ0) is 22.1. The van der Waals surface area contributed by atoms with Crippen molar-refractivity contribution in [2.45, 2.75) is 9.79 Å². The van der Waals surface area contributed by atoms with Crippen LogP contribution in [-0.4, -0.2) is 26.8 Å². The number of aromatic hydroxyl groups is 1. The van der Waals surface area contributed by atoms with Crippen LogP contribution in [0.5, 0.6) is 11.6 Å². The number of rotatable bonds is 5. The maximum Gasteiger partial charge on any atom is 0.223 e. The lowest BCUT2D eigenvalue weighted by Gasteiger charge is -2.09. The Kier molecular flexibility index (Phi) is 5.59. The number of aromatic nitrogens is 3. The Balaban J connectivity index is 1.47. The van der Waals surface area contributed by atoms with Crippen LogP contribution in [0.4, 0.5) is 0 Å². The number of halogens is 1. The first-order valence-electron chi connectivity index (χ1n) is 9.87. The van der Waals surface area contributed by atoms with Crippen LogP contribution in [0.25, 0.3) is 27.9 Å². The average Bonchev–Trinajstić information content (AvgIpc) is 3.26. The van der Waals surface area contributed by atoms with E-state index < -0.39 is 0 Å². The maximum absolute atomic E-state index is 10.9. The summed E-state index contributed by atoms with van der Waals surface area (Å²) in [6.07, 6.45) is 3.40. The molecule has 5 aromatic rings. The van der Waals surface area contributed by atoms with Gasteiger partial charge < -0.3 is 9.84 Å². The Bertz CT molecular complexity index is 1400. The summed E-state index contributed by atoms with van der Waals surface area (Å²) in [4.78, 5) is 6.95. The fourth-order valence-electron chi connectivity index (χ4n) is 3.49. The third-order valence-corrected chi connectivity index (χ3v) is 6.74. The highest BCUT2D eigenvalue weighted by Crippen LogP contribution is 2.36. The van der Waals surface area contributed by atoms with Crippen molar-refractivity contribution in [3.05, 3.63) is 89.7 Å². The van der Waals surface area contributed by atoms with Crippen molar-refractivity contribution < 1.29 is 9.84 Å². The summed E-state index contributed by atoms with van der Waals surface area (Å²) < 4.78 is 7.55. The Hall–Kier alpha value is -3.29. The third-order valence-electron chi connectivity index (χ3n) is 5.11. The summed E-state index contributed by atoms with van der Waals surface area (Å²) in [5, 5.41) is 15.3. The van der Waals surface area contributed by atoms with Crippen molar-refractivity contribution in [1.82, 2.24) is 14.6 Å². The topological polar surface area (TPSA) is 59.7 Å². The predicted octanol–water partition coefficient (Wildman–Crippen LogP) is 6.69. The highest BCUT2D eigenvalue weighted by atomic mass is 79.9. The first-order valence-corrected chi connectivity index (χ1v) is 11.5. The van der Waals surface area contributed by atoms with E-state index in [1.807, 2.05) is 36.4 Å². The summed E-state index contributed by atoms with van der Waals surface area (Å²) >= 11 is 5.20. The fourth-order valence-corrected chi connectivity index (χ4v) is 4.87. The van der Waals surface area contributed by atoms with Gasteiger partial charge in [-0.3, -0.25) is 0 Å². The molecule has 0 saturated carbocycles. The monoisotopic (exact) mass is 503 g/mol. The van der Waals surface area contributed by atoms with E-state index >= 15 is 0 Å². The molecule has 2 heterocycles. The molecule has 0 bridgehead atoms. The molecule has 0 unspecified atom stereocenters. The van der Waals surface area contributed by atoms with Crippen molar-refractivity contribution in [1.29, 1.82) is 0 Å². The van der Waals surface area contributed by atoms with Gasteiger partial charge in [-0.1, -0.05) is 48.2 Å². The molecule has 0 radical (unpaired) electrons. The average molecular weight is 504 g/mol. The van der Waals surface area contributed by atoms with Crippen LogP contribution in [0.1, 0.15) is 0 Å². The van der Waals surface area contributed by atoms with Gasteiger partial charge in [-0.25, -0.2) is 4.98 Å². The van der Waals surface area contributed by atoms with Gasteiger partial charge in [-0.15, -0.1) is 0 Å². The number of benzene rings is 3. The summed E-state index contributed by atoms with van der Waals surface area (Å²) in [6.45, 7) is 0. The Morgan fingerprint density at radius 2 is 1.59 bits per heavy atom. The predicted molar refractivity (Wildman–Crippen MR) is 130 cm³/mol. The molecule has 32 heavy (non-hydrogen) atoms. The zero-order valence-corrected chi connectivity index (χ0v) is 19.5. The molecule has 2 aromatic heterocycles. The lowest BCUT2D eigenvalue weighted by atomic mass is 10.1. The minimum Gasteiger partial charge on any atom is -0.496 e. The number of ether oxygens (including phenoxy) is 1. The van der Waals surface area contributed by atoms with Crippen molar-refractivity contribution in [3.63, 3.8) is 0 Å². The largest absolute Gasteiger partial charge is 0.496 e. The first kappa shape index (κ1) is 20.6. The number of fused-ring (bicyclic) bond motifs is 1. The normalized spacial score (nSPS) is 11.1. The molecule has 158 valence electrons. The summed E-state index contributed by atoms with van der Waals surface area (Å²) in [6, 6.07) is 24.1. The van der Waals surface area contributed by atoms with Crippen LogP contribution < -0.4 is 4.74 Å². The number of nitrogens with zero attached hydrogens (tertiary/aromatic N) is 3. The molecule has 0 amide bonds. The van der Waals surface area contributed by atoms with Gasteiger partial charge >= 0.3 is 0 Å². The van der Waals surface area contributed by atoms with Crippen molar-refractivity contribution in [2.24, 2.45) is 0 Å². The minimum absolute atomic E-state index is 0.0366. The quantitative estimate of drug-likeness (QED) is 0.289. The van der Waals surface area contributed by atoms with E-state index in [4.69, 9.17) is 4.74 Å². The Labute approximate surface area is 197 Å². The molecular weight excluding hydrogens is 486 g/mol. The molecule has 5 nitrogen and oxygen atoms in total. The Morgan fingerprint density at radius 1 is 0.875 bits per heavy atom. The second-order valence-corrected chi connectivity index (χ2v) is 9.08. The summed E-state index contributed by atoms with van der Waals surface area (Å²) in [5.74, 6) is 0.757. The van der Waals surface area contributed by atoms with E-state index in [2.05, 4.69) is 62.4 Å². The first-order chi connectivity index (χ1) is 15.6. The van der Waals surface area contributed by atoms with E-state index in [9.17, 15) is 5.11 Å². The lowest BCUT2D eigenvalue weighted by molar-refractivity contribution is 0.412. The van der Waals surface area contributed by atoms with Crippen molar-refractivity contribution in [3.8, 4) is 33.9 Å². The van der Waals surface area contributed by atoms with Gasteiger partial charge in [0.15, 0.2) is 5.65 Å². The third kappa shape index (κ3) is 3.85. The van der Waals surface area contributed by atoms with Gasteiger partial charge in [0, 0.05) is 21.6 Å². The standard InChI is InChI=1S/C25H18BrN3O2S/c1-31-23-12-9-17(13-22(23)26)21-14-27-24-20(15-28-29(24)25(21)30)16-7-10-19(11-8-16)32-18-5-3-2-4-6-18/h2-15,30H,1H3. The highest BCUT2D eigenvalue weighted by molar-refractivity contribution is 9.10. The lowest BCUT2D eigenvalue weighted by Crippen LogP contribution is -1.95. The minimum atomic E-state index is 0.0366. The molecule has 0 aliphatic heterocycles. The van der Waals surface area contributed by atoms with E-state index in [1.54, 1.807) is 31.3 Å². The van der Waals surface area contributed by atoms with E-state index in [0.29, 0.717) is 11.2 Å². The molecule has 0 aliphatic carbocycles. The molecule has 0 atom stereocenters. The van der Waals surface area contributed by atoms with Crippen molar-refractivity contribution in [2.75, 3.05) is 7.11 Å². The van der Waals surface area contributed by atoms with Gasteiger partial charge in [0.2, 0.25) is 5.88 Å². The van der Waals surface area contributed by atoms with Crippen LogP contribution in [0.15, 0.2) is 99.5 Å². The summed E-state index contributed by atoms with van der Waals surface area (Å²) in [5.41, 5.74) is 3.85. The number of hydrogen-bond donors (Lipinski definition) is 1. The van der Waals surface area contributed by atoms with Crippen molar-refractivity contribution >= 4 is 33.3 Å². The second kappa shape index (κ2) is 8.68. The smallest absolute Gasteiger partial charge is 0.223 e. The Morgan fingerprint density at radius 3 is 2.31 bits per heavy atom. The second-order valence-electron chi connectivity index (χ2n) is 7.08. The molecule has 0 aliphatic rings. The highest BCUT2D eigenvalue weighted by Gasteiger charge is 2.16. The van der Waals surface area contributed by atoms with Crippen LogP contribution in [0, 0.1) is 0 Å². The molecule has 0 fully saturated rings.